The first-order valence-corrected chi connectivity index (χ1v) is 7.78. The number of benzene rings is 2. The van der Waals surface area contributed by atoms with Crippen molar-refractivity contribution in [1.82, 2.24) is 4.90 Å². The van der Waals surface area contributed by atoms with Crippen LogP contribution in [0.4, 0.5) is 4.39 Å². The first-order valence-electron chi connectivity index (χ1n) is 7.78. The van der Waals surface area contributed by atoms with Crippen molar-refractivity contribution in [2.75, 3.05) is 6.54 Å². The van der Waals surface area contributed by atoms with Gasteiger partial charge in [0.1, 0.15) is 18.1 Å². The van der Waals surface area contributed by atoms with Gasteiger partial charge in [0.25, 0.3) is 11.7 Å². The SMILES string of the molecule is NC(=O)CN1C(=O)C(=O)C(=C(O)c2ccccc2)[C@@H]1c1ccccc1F. The van der Waals surface area contributed by atoms with E-state index in [1.54, 1.807) is 30.3 Å². The van der Waals surface area contributed by atoms with E-state index in [-0.39, 0.29) is 11.1 Å². The molecular weight excluding hydrogens is 339 g/mol. The molecule has 1 atom stereocenters. The van der Waals surface area contributed by atoms with Gasteiger partial charge >= 0.3 is 0 Å². The van der Waals surface area contributed by atoms with Crippen LogP contribution in [0.3, 0.4) is 0 Å². The summed E-state index contributed by atoms with van der Waals surface area (Å²) in [6.45, 7) is -0.574. The number of nitrogens with two attached hydrogens (primary N) is 1. The Bertz CT molecular complexity index is 924. The van der Waals surface area contributed by atoms with Crippen molar-refractivity contribution in [1.29, 1.82) is 0 Å². The second-order valence-electron chi connectivity index (χ2n) is 5.78. The molecule has 0 bridgehead atoms. The molecule has 0 aromatic heterocycles. The normalized spacial score (nSPS) is 19.0. The number of amides is 2. The molecule has 0 unspecified atom stereocenters. The van der Waals surface area contributed by atoms with Gasteiger partial charge in [-0.25, -0.2) is 4.39 Å². The molecule has 0 aliphatic carbocycles. The fourth-order valence-electron chi connectivity index (χ4n) is 2.98. The van der Waals surface area contributed by atoms with E-state index < -0.39 is 41.8 Å². The zero-order valence-electron chi connectivity index (χ0n) is 13.6. The van der Waals surface area contributed by atoms with Crippen LogP contribution in [0.15, 0.2) is 60.2 Å². The lowest BCUT2D eigenvalue weighted by atomic mass is 9.95. The fraction of sp³-hybridized carbons (Fsp3) is 0.105. The lowest BCUT2D eigenvalue weighted by Gasteiger charge is -2.24. The van der Waals surface area contributed by atoms with E-state index in [2.05, 4.69) is 0 Å². The number of aliphatic hydroxyl groups is 1. The summed E-state index contributed by atoms with van der Waals surface area (Å²) < 4.78 is 14.4. The molecule has 0 saturated carbocycles. The molecule has 6 nitrogen and oxygen atoms in total. The minimum atomic E-state index is -1.25. The molecular formula is C19H15FN2O4. The Labute approximate surface area is 148 Å². The van der Waals surface area contributed by atoms with Gasteiger partial charge in [0.2, 0.25) is 5.91 Å². The standard InChI is InChI=1S/C19H15FN2O4/c20-13-9-5-4-8-12(13)16-15(17(24)11-6-2-1-3-7-11)18(25)19(26)22(16)10-14(21)23/h1-9,16,24H,10H2,(H2,21,23)/t16-/m0/s1. The lowest BCUT2D eigenvalue weighted by Crippen LogP contribution is -2.37. The number of halogens is 1. The molecule has 7 heteroatoms. The second-order valence-corrected chi connectivity index (χ2v) is 5.78. The quantitative estimate of drug-likeness (QED) is 0.496. The third-order valence-electron chi connectivity index (χ3n) is 4.11. The number of rotatable bonds is 4. The average molecular weight is 354 g/mol. The van der Waals surface area contributed by atoms with Gasteiger partial charge in [-0.15, -0.1) is 0 Å². The zero-order chi connectivity index (χ0) is 18.8. The first-order chi connectivity index (χ1) is 12.4. The number of aliphatic hydroxyl groups excluding tert-OH is 1. The van der Waals surface area contributed by atoms with Gasteiger partial charge < -0.3 is 15.7 Å². The summed E-state index contributed by atoms with van der Waals surface area (Å²) in [6, 6.07) is 12.4. The van der Waals surface area contributed by atoms with Crippen LogP contribution in [0.5, 0.6) is 0 Å². The molecule has 3 rings (SSSR count). The van der Waals surface area contributed by atoms with Crippen molar-refractivity contribution in [3.8, 4) is 0 Å². The average Bonchev–Trinajstić information content (AvgIpc) is 2.87. The number of ketones is 1. The van der Waals surface area contributed by atoms with Crippen molar-refractivity contribution in [3.63, 3.8) is 0 Å². The van der Waals surface area contributed by atoms with Crippen molar-refractivity contribution >= 4 is 23.4 Å². The molecule has 2 amide bonds. The molecule has 3 N–H and O–H groups in total. The molecule has 0 spiro atoms. The Balaban J connectivity index is 2.24. The van der Waals surface area contributed by atoms with Crippen LogP contribution in [0.25, 0.3) is 5.76 Å². The summed E-state index contributed by atoms with van der Waals surface area (Å²) in [5, 5.41) is 10.6. The molecule has 1 heterocycles. The second kappa shape index (κ2) is 6.79. The summed E-state index contributed by atoms with van der Waals surface area (Å²) in [7, 11) is 0. The van der Waals surface area contributed by atoms with Gasteiger partial charge in [0.05, 0.1) is 11.6 Å². The number of likely N-dealkylation sites (tertiary alicyclic amines) is 1. The van der Waals surface area contributed by atoms with Crippen molar-refractivity contribution in [2.24, 2.45) is 5.73 Å². The number of carbonyl (C=O) groups is 3. The Morgan fingerprint density at radius 2 is 1.69 bits per heavy atom. The minimum Gasteiger partial charge on any atom is -0.507 e. The predicted octanol–water partition coefficient (Wildman–Crippen LogP) is 1.73. The zero-order valence-corrected chi connectivity index (χ0v) is 13.6. The molecule has 1 fully saturated rings. The highest BCUT2D eigenvalue weighted by molar-refractivity contribution is 6.46. The third-order valence-corrected chi connectivity index (χ3v) is 4.11. The molecule has 2 aromatic carbocycles. The van der Waals surface area contributed by atoms with Gasteiger partial charge in [-0.3, -0.25) is 14.4 Å². The highest BCUT2D eigenvalue weighted by Crippen LogP contribution is 2.39. The maximum absolute atomic E-state index is 14.4. The van der Waals surface area contributed by atoms with E-state index >= 15 is 0 Å². The largest absolute Gasteiger partial charge is 0.507 e. The molecule has 26 heavy (non-hydrogen) atoms. The Morgan fingerprint density at radius 3 is 2.31 bits per heavy atom. The van der Waals surface area contributed by atoms with Crippen LogP contribution in [-0.4, -0.2) is 34.1 Å². The van der Waals surface area contributed by atoms with Crippen molar-refractivity contribution in [3.05, 3.63) is 77.1 Å². The van der Waals surface area contributed by atoms with Crippen molar-refractivity contribution in [2.45, 2.75) is 6.04 Å². The highest BCUT2D eigenvalue weighted by atomic mass is 19.1. The number of nitrogens with zero attached hydrogens (tertiary/aromatic N) is 1. The Hall–Kier alpha value is -3.48. The van der Waals surface area contributed by atoms with Crippen LogP contribution in [0, 0.1) is 5.82 Å². The van der Waals surface area contributed by atoms with Crippen LogP contribution in [-0.2, 0) is 14.4 Å². The number of carbonyl (C=O) groups excluding carboxylic acids is 3. The van der Waals surface area contributed by atoms with E-state index in [0.29, 0.717) is 5.56 Å². The predicted molar refractivity (Wildman–Crippen MR) is 91.0 cm³/mol. The van der Waals surface area contributed by atoms with Crippen LogP contribution < -0.4 is 5.73 Å². The Kier molecular flexibility index (Phi) is 4.53. The summed E-state index contributed by atoms with van der Waals surface area (Å²) in [6.07, 6.45) is 0. The number of Topliss-reactive ketones (excluding diaryl/α,β-unsaturated/α-hetero) is 1. The molecule has 1 aliphatic rings. The van der Waals surface area contributed by atoms with E-state index in [1.165, 1.54) is 24.3 Å². The smallest absolute Gasteiger partial charge is 0.296 e. The summed E-state index contributed by atoms with van der Waals surface area (Å²) in [5.41, 5.74) is 5.18. The summed E-state index contributed by atoms with van der Waals surface area (Å²) in [5.74, 6) is -3.99. The van der Waals surface area contributed by atoms with E-state index in [9.17, 15) is 23.9 Å². The van der Waals surface area contributed by atoms with Gasteiger partial charge in [-0.05, 0) is 6.07 Å². The number of hydrogen-bond donors (Lipinski definition) is 2. The molecule has 2 aromatic rings. The molecule has 1 saturated heterocycles. The maximum atomic E-state index is 14.4. The highest BCUT2D eigenvalue weighted by Gasteiger charge is 2.47. The summed E-state index contributed by atoms with van der Waals surface area (Å²) >= 11 is 0. The topological polar surface area (TPSA) is 101 Å². The van der Waals surface area contributed by atoms with Gasteiger partial charge in [-0.2, -0.15) is 0 Å². The van der Waals surface area contributed by atoms with Crippen LogP contribution in [0.1, 0.15) is 17.2 Å². The number of hydrogen-bond acceptors (Lipinski definition) is 4. The maximum Gasteiger partial charge on any atom is 0.296 e. The van der Waals surface area contributed by atoms with Gasteiger partial charge in [0, 0.05) is 11.1 Å². The molecule has 1 aliphatic heterocycles. The van der Waals surface area contributed by atoms with E-state index in [4.69, 9.17) is 5.73 Å². The van der Waals surface area contributed by atoms with E-state index in [1.807, 2.05) is 0 Å². The fourth-order valence-corrected chi connectivity index (χ4v) is 2.98. The first kappa shape index (κ1) is 17.3. The Morgan fingerprint density at radius 1 is 1.08 bits per heavy atom. The van der Waals surface area contributed by atoms with Crippen LogP contribution >= 0.6 is 0 Å². The van der Waals surface area contributed by atoms with Crippen molar-refractivity contribution < 1.29 is 23.9 Å². The molecule has 132 valence electrons. The summed E-state index contributed by atoms with van der Waals surface area (Å²) in [4.78, 5) is 37.1. The van der Waals surface area contributed by atoms with Gasteiger partial charge in [0.15, 0.2) is 0 Å². The lowest BCUT2D eigenvalue weighted by molar-refractivity contribution is -0.141. The third kappa shape index (κ3) is 2.95. The number of primary amides is 1. The monoisotopic (exact) mass is 354 g/mol. The van der Waals surface area contributed by atoms with Gasteiger partial charge in [-0.1, -0.05) is 48.5 Å². The van der Waals surface area contributed by atoms with E-state index in [0.717, 1.165) is 4.90 Å². The minimum absolute atomic E-state index is 0.00886. The molecule has 0 radical (unpaired) electrons. The van der Waals surface area contributed by atoms with Crippen LogP contribution in [0.2, 0.25) is 0 Å².